The number of carboxylic acids is 1. The maximum atomic E-state index is 12.9. The molecule has 0 aromatic carbocycles. The summed E-state index contributed by atoms with van der Waals surface area (Å²) in [7, 11) is 0. The lowest BCUT2D eigenvalue weighted by atomic mass is 9.44. The van der Waals surface area contributed by atoms with Gasteiger partial charge in [0.2, 0.25) is 5.91 Å². The number of fused-ring (bicyclic) bond motifs is 5. The third-order valence-corrected chi connectivity index (χ3v) is 14.8. The van der Waals surface area contributed by atoms with Crippen LogP contribution in [0.4, 0.5) is 0 Å². The van der Waals surface area contributed by atoms with Crippen molar-refractivity contribution in [2.45, 2.75) is 219 Å². The fourth-order valence-corrected chi connectivity index (χ4v) is 11.8. The summed E-state index contributed by atoms with van der Waals surface area (Å²) in [5, 5.41) is 24.3. The van der Waals surface area contributed by atoms with Gasteiger partial charge in [-0.25, -0.2) is 0 Å². The van der Waals surface area contributed by atoms with E-state index in [9.17, 15) is 14.7 Å². The van der Waals surface area contributed by atoms with Crippen LogP contribution in [0.3, 0.4) is 0 Å². The average Bonchev–Trinajstić information content (AvgIpc) is 3.40. The van der Waals surface area contributed by atoms with Crippen molar-refractivity contribution in [1.82, 2.24) is 5.32 Å². The summed E-state index contributed by atoms with van der Waals surface area (Å²) in [6.45, 7) is 7.16. The number of aliphatic hydroxyl groups is 1. The monoisotopic (exact) mass is 672 g/mol. The van der Waals surface area contributed by atoms with Crippen molar-refractivity contribution in [2.75, 3.05) is 0 Å². The van der Waals surface area contributed by atoms with Crippen LogP contribution >= 0.6 is 0 Å². The molecule has 9 atom stereocenters. The molecule has 48 heavy (non-hydrogen) atoms. The number of amides is 1. The van der Waals surface area contributed by atoms with Crippen molar-refractivity contribution in [2.24, 2.45) is 40.4 Å². The van der Waals surface area contributed by atoms with E-state index in [0.717, 1.165) is 44.9 Å². The number of hydrogen-bond donors (Lipinski definition) is 3. The highest BCUT2D eigenvalue weighted by Gasteiger charge is 2.63. The molecule has 3 N–H and O–H groups in total. The van der Waals surface area contributed by atoms with Crippen molar-refractivity contribution in [3.05, 3.63) is 0 Å². The Morgan fingerprint density at radius 2 is 1.25 bits per heavy atom. The van der Waals surface area contributed by atoms with E-state index >= 15 is 0 Å². The molecule has 0 radical (unpaired) electrons. The minimum atomic E-state index is -0.701. The number of unbranched alkanes of at least 4 members (excludes halogenated alkanes) is 16. The topological polar surface area (TPSA) is 86.6 Å². The van der Waals surface area contributed by atoms with E-state index < -0.39 is 5.97 Å². The first kappa shape index (κ1) is 39.7. The zero-order valence-corrected chi connectivity index (χ0v) is 31.8. The first-order chi connectivity index (χ1) is 23.2. The number of carbonyl (C=O) groups excluding carboxylic acids is 1. The van der Waals surface area contributed by atoms with Crippen LogP contribution in [0.2, 0.25) is 0 Å². The largest absolute Gasteiger partial charge is 0.481 e. The van der Waals surface area contributed by atoms with Gasteiger partial charge in [-0.1, -0.05) is 124 Å². The molecule has 1 amide bonds. The Morgan fingerprint density at radius 3 is 1.83 bits per heavy atom. The van der Waals surface area contributed by atoms with Gasteiger partial charge in [-0.3, -0.25) is 9.59 Å². The van der Waals surface area contributed by atoms with E-state index in [1.807, 2.05) is 0 Å². The lowest BCUT2D eigenvalue weighted by molar-refractivity contribution is -0.166. The van der Waals surface area contributed by atoms with Gasteiger partial charge in [0, 0.05) is 18.9 Å². The van der Waals surface area contributed by atoms with Crippen molar-refractivity contribution < 1.29 is 19.8 Å². The number of aliphatic hydroxyl groups excluding tert-OH is 1. The third kappa shape index (κ3) is 10.7. The molecule has 7 unspecified atom stereocenters. The van der Waals surface area contributed by atoms with Gasteiger partial charge in [-0.2, -0.15) is 0 Å². The van der Waals surface area contributed by atoms with Crippen molar-refractivity contribution in [3.8, 4) is 0 Å². The average molecular weight is 672 g/mol. The van der Waals surface area contributed by atoms with Crippen LogP contribution in [0.15, 0.2) is 0 Å². The van der Waals surface area contributed by atoms with Gasteiger partial charge in [-0.15, -0.1) is 0 Å². The Labute approximate surface area is 296 Å². The van der Waals surface area contributed by atoms with Crippen molar-refractivity contribution in [3.63, 3.8) is 0 Å². The number of carboxylic acid groups (broad SMARTS) is 1. The number of hydrogen-bond acceptors (Lipinski definition) is 3. The molecule has 278 valence electrons. The maximum absolute atomic E-state index is 12.9. The molecule has 0 aliphatic heterocycles. The molecular weight excluding hydrogens is 594 g/mol. The first-order valence-electron chi connectivity index (χ1n) is 21.4. The number of rotatable bonds is 23. The minimum absolute atomic E-state index is 0.0551. The standard InChI is InChI=1S/C43H77NO4/c1-4-5-6-7-8-9-10-11-12-13-14-15-16-17-18-19-20-23-40(46)44-35-29-30-42(2)34(31-35)25-27-36-37-28-26-33(22-21-24-41(47)48)43(37,3)39(45)32-38(36)42/h33-39,45H,4-32H2,1-3H3,(H,44,46)(H,47,48)/t33?,34?,35-,36?,37?,38?,39-,42?,43?/m0/s1. The van der Waals surface area contributed by atoms with Crippen LogP contribution in [0, 0.1) is 40.4 Å². The lowest BCUT2D eigenvalue weighted by Gasteiger charge is -2.62. The Kier molecular flexibility index (Phi) is 16.6. The maximum Gasteiger partial charge on any atom is 0.303 e. The van der Waals surface area contributed by atoms with E-state index in [0.29, 0.717) is 42.1 Å². The molecule has 0 heterocycles. The molecule has 4 rings (SSSR count). The molecule has 4 aliphatic carbocycles. The van der Waals surface area contributed by atoms with Crippen LogP contribution in [0.25, 0.3) is 0 Å². The van der Waals surface area contributed by atoms with Crippen molar-refractivity contribution >= 4 is 11.9 Å². The molecule has 0 aromatic heterocycles. The lowest BCUT2D eigenvalue weighted by Crippen LogP contribution is -2.59. The van der Waals surface area contributed by atoms with Gasteiger partial charge in [0.05, 0.1) is 6.10 Å². The predicted octanol–water partition coefficient (Wildman–Crippen LogP) is 11.4. The Hall–Kier alpha value is -1.10. The molecule has 4 fully saturated rings. The van der Waals surface area contributed by atoms with E-state index in [1.165, 1.54) is 128 Å². The quantitative estimate of drug-likeness (QED) is 0.0944. The van der Waals surface area contributed by atoms with Gasteiger partial charge in [0.1, 0.15) is 0 Å². The molecule has 5 heteroatoms. The van der Waals surface area contributed by atoms with E-state index in [2.05, 4.69) is 26.1 Å². The van der Waals surface area contributed by atoms with Crippen LogP contribution in [0.1, 0.15) is 207 Å². The van der Waals surface area contributed by atoms with Gasteiger partial charge >= 0.3 is 5.97 Å². The summed E-state index contributed by atoms with van der Waals surface area (Å²) in [5.41, 5.74) is 0.210. The summed E-state index contributed by atoms with van der Waals surface area (Å²) in [4.78, 5) is 24.0. The molecule has 0 aromatic rings. The Bertz CT molecular complexity index is 953. The van der Waals surface area contributed by atoms with Crippen LogP contribution in [-0.2, 0) is 9.59 Å². The minimum Gasteiger partial charge on any atom is -0.481 e. The molecule has 0 saturated heterocycles. The molecule has 4 saturated carbocycles. The smallest absolute Gasteiger partial charge is 0.303 e. The second-order valence-electron chi connectivity index (χ2n) is 17.8. The first-order valence-corrected chi connectivity index (χ1v) is 21.4. The number of aliphatic carboxylic acids is 1. The van der Waals surface area contributed by atoms with Gasteiger partial charge in [0.25, 0.3) is 0 Å². The summed E-state index contributed by atoms with van der Waals surface area (Å²) in [6, 6.07) is 0.321. The summed E-state index contributed by atoms with van der Waals surface area (Å²) < 4.78 is 0. The predicted molar refractivity (Wildman–Crippen MR) is 199 cm³/mol. The Balaban J connectivity index is 1.06. The van der Waals surface area contributed by atoms with E-state index in [-0.39, 0.29) is 29.3 Å². The normalized spacial score (nSPS) is 34.3. The highest BCUT2D eigenvalue weighted by molar-refractivity contribution is 5.76. The van der Waals surface area contributed by atoms with Gasteiger partial charge in [0.15, 0.2) is 0 Å². The fourth-order valence-electron chi connectivity index (χ4n) is 11.8. The third-order valence-electron chi connectivity index (χ3n) is 14.8. The molecular formula is C43H77NO4. The van der Waals surface area contributed by atoms with Crippen LogP contribution < -0.4 is 5.32 Å². The van der Waals surface area contributed by atoms with E-state index in [1.54, 1.807) is 0 Å². The van der Waals surface area contributed by atoms with Gasteiger partial charge < -0.3 is 15.5 Å². The molecule has 4 aliphatic rings. The molecule has 0 bridgehead atoms. The highest BCUT2D eigenvalue weighted by atomic mass is 16.4. The second kappa shape index (κ2) is 20.1. The molecule has 0 spiro atoms. The Morgan fingerprint density at radius 1 is 0.667 bits per heavy atom. The second-order valence-corrected chi connectivity index (χ2v) is 17.8. The number of carbonyl (C=O) groups is 2. The zero-order chi connectivity index (χ0) is 34.4. The van der Waals surface area contributed by atoms with E-state index in [4.69, 9.17) is 5.11 Å². The van der Waals surface area contributed by atoms with Crippen LogP contribution in [-0.4, -0.2) is 34.2 Å². The van der Waals surface area contributed by atoms with Crippen molar-refractivity contribution in [1.29, 1.82) is 0 Å². The summed E-state index contributed by atoms with van der Waals surface area (Å²) >= 11 is 0. The summed E-state index contributed by atoms with van der Waals surface area (Å²) in [6.07, 6.45) is 34.6. The fraction of sp³-hybridized carbons (Fsp3) is 0.953. The summed E-state index contributed by atoms with van der Waals surface area (Å²) in [5.74, 6) is 2.50. The highest BCUT2D eigenvalue weighted by Crippen LogP contribution is 2.68. The number of nitrogens with one attached hydrogen (secondary N) is 1. The SMILES string of the molecule is CCCCCCCCCCCCCCCCCCCC(=O)N[C@H]1CCC2(C)C(CCC3C2C[C@H](O)C2(C)C(CCCC(=O)O)CCC32)C1. The zero-order valence-electron chi connectivity index (χ0n) is 31.8. The van der Waals surface area contributed by atoms with Gasteiger partial charge in [-0.05, 0) is 111 Å². The molecule has 5 nitrogen and oxygen atoms in total. The van der Waals surface area contributed by atoms with Crippen LogP contribution in [0.5, 0.6) is 0 Å².